The van der Waals surface area contributed by atoms with E-state index >= 15 is 0 Å². The minimum atomic E-state index is -1.05. The standard InChI is InChI=1S/C24H24O2/c1-17-13-18(2)23-22(14-17)19(16-26-23)15-24(25,20-9-5-3-6-10-20)21-11-7-4-8-12-21/h3-14,19,25H,15-16H2,1-2H3/t19-/m0/s1. The summed E-state index contributed by atoms with van der Waals surface area (Å²) < 4.78 is 6.00. The second-order valence-corrected chi connectivity index (χ2v) is 7.30. The number of ether oxygens (including phenoxy) is 1. The molecule has 0 spiro atoms. The molecule has 0 radical (unpaired) electrons. The summed E-state index contributed by atoms with van der Waals surface area (Å²) >= 11 is 0. The Bertz CT molecular complexity index is 861. The third-order valence-corrected chi connectivity index (χ3v) is 5.36. The molecule has 0 amide bonds. The van der Waals surface area contributed by atoms with Crippen molar-refractivity contribution in [3.63, 3.8) is 0 Å². The van der Waals surface area contributed by atoms with E-state index < -0.39 is 5.60 Å². The van der Waals surface area contributed by atoms with E-state index in [2.05, 4.69) is 26.0 Å². The van der Waals surface area contributed by atoms with Crippen molar-refractivity contribution in [3.8, 4) is 5.75 Å². The first-order valence-electron chi connectivity index (χ1n) is 9.15. The van der Waals surface area contributed by atoms with Gasteiger partial charge in [-0.3, -0.25) is 0 Å². The SMILES string of the molecule is Cc1cc(C)c2c(c1)[C@@H](CC(O)(c1ccccc1)c1ccccc1)CO2. The number of fused-ring (bicyclic) bond motifs is 1. The zero-order chi connectivity index (χ0) is 18.1. The van der Waals surface area contributed by atoms with E-state index in [9.17, 15) is 5.11 Å². The molecule has 1 atom stereocenters. The van der Waals surface area contributed by atoms with Crippen LogP contribution in [0.5, 0.6) is 5.75 Å². The Balaban J connectivity index is 1.77. The average molecular weight is 344 g/mol. The van der Waals surface area contributed by atoms with Gasteiger partial charge in [-0.1, -0.05) is 78.4 Å². The van der Waals surface area contributed by atoms with Gasteiger partial charge >= 0.3 is 0 Å². The van der Waals surface area contributed by atoms with E-state index in [1.165, 1.54) is 16.7 Å². The summed E-state index contributed by atoms with van der Waals surface area (Å²) in [6, 6.07) is 24.3. The van der Waals surface area contributed by atoms with Gasteiger partial charge in [0.1, 0.15) is 11.4 Å². The molecule has 0 fully saturated rings. The molecule has 0 bridgehead atoms. The molecule has 0 aliphatic carbocycles. The van der Waals surface area contributed by atoms with Crippen LogP contribution < -0.4 is 4.74 Å². The quantitative estimate of drug-likeness (QED) is 0.713. The fourth-order valence-electron chi connectivity index (χ4n) is 4.12. The van der Waals surface area contributed by atoms with Crippen molar-refractivity contribution >= 4 is 0 Å². The number of hydrogen-bond acceptors (Lipinski definition) is 2. The third-order valence-electron chi connectivity index (χ3n) is 5.36. The van der Waals surface area contributed by atoms with Gasteiger partial charge in [0.2, 0.25) is 0 Å². The lowest BCUT2D eigenvalue weighted by Crippen LogP contribution is -2.30. The molecule has 132 valence electrons. The van der Waals surface area contributed by atoms with Gasteiger partial charge in [0.15, 0.2) is 0 Å². The maximum Gasteiger partial charge on any atom is 0.125 e. The number of hydrogen-bond donors (Lipinski definition) is 1. The molecule has 0 saturated heterocycles. The third kappa shape index (κ3) is 2.91. The van der Waals surface area contributed by atoms with Crippen molar-refractivity contribution in [1.82, 2.24) is 0 Å². The van der Waals surface area contributed by atoms with E-state index in [-0.39, 0.29) is 5.92 Å². The molecule has 0 saturated carbocycles. The fraction of sp³-hybridized carbons (Fsp3) is 0.250. The van der Waals surface area contributed by atoms with Crippen LogP contribution in [0.2, 0.25) is 0 Å². The number of benzene rings is 3. The highest BCUT2D eigenvalue weighted by atomic mass is 16.5. The van der Waals surface area contributed by atoms with Crippen LogP contribution in [0.4, 0.5) is 0 Å². The second kappa shape index (κ2) is 6.62. The van der Waals surface area contributed by atoms with E-state index in [1.54, 1.807) is 0 Å². The molecule has 1 N–H and O–H groups in total. The van der Waals surface area contributed by atoms with Crippen LogP contribution in [0.1, 0.15) is 40.2 Å². The first kappa shape index (κ1) is 16.9. The van der Waals surface area contributed by atoms with E-state index in [0.717, 1.165) is 16.9 Å². The maximum atomic E-state index is 11.8. The predicted molar refractivity (Wildman–Crippen MR) is 105 cm³/mol. The molecule has 3 aromatic rings. The lowest BCUT2D eigenvalue weighted by molar-refractivity contribution is 0.0599. The summed E-state index contributed by atoms with van der Waals surface area (Å²) in [5, 5.41) is 11.8. The Morgan fingerprint density at radius 3 is 2.08 bits per heavy atom. The van der Waals surface area contributed by atoms with Gasteiger partial charge in [-0.05, 0) is 37.0 Å². The molecule has 2 heteroatoms. The minimum absolute atomic E-state index is 0.161. The minimum Gasteiger partial charge on any atom is -0.492 e. The van der Waals surface area contributed by atoms with Crippen LogP contribution in [0.25, 0.3) is 0 Å². The summed E-state index contributed by atoms with van der Waals surface area (Å²) in [5.41, 5.74) is 4.42. The topological polar surface area (TPSA) is 29.5 Å². The molecule has 26 heavy (non-hydrogen) atoms. The van der Waals surface area contributed by atoms with E-state index in [0.29, 0.717) is 13.0 Å². The molecule has 4 rings (SSSR count). The normalized spacial score (nSPS) is 16.2. The summed E-state index contributed by atoms with van der Waals surface area (Å²) in [7, 11) is 0. The molecule has 0 aromatic heterocycles. The van der Waals surface area contributed by atoms with Crippen molar-refractivity contribution in [3.05, 3.63) is 101 Å². The smallest absolute Gasteiger partial charge is 0.125 e. The van der Waals surface area contributed by atoms with Crippen molar-refractivity contribution in [1.29, 1.82) is 0 Å². The van der Waals surface area contributed by atoms with Gasteiger partial charge in [-0.25, -0.2) is 0 Å². The lowest BCUT2D eigenvalue weighted by atomic mass is 9.77. The van der Waals surface area contributed by atoms with Crippen LogP contribution in [0.3, 0.4) is 0 Å². The summed E-state index contributed by atoms with van der Waals surface area (Å²) in [6.45, 7) is 4.82. The van der Waals surface area contributed by atoms with Gasteiger partial charge in [0, 0.05) is 11.5 Å². The van der Waals surface area contributed by atoms with Crippen molar-refractivity contribution in [2.75, 3.05) is 6.61 Å². The highest BCUT2D eigenvalue weighted by Gasteiger charge is 2.38. The Morgan fingerprint density at radius 2 is 1.50 bits per heavy atom. The first-order chi connectivity index (χ1) is 12.6. The Labute approximate surface area is 155 Å². The summed E-state index contributed by atoms with van der Waals surface area (Å²) in [4.78, 5) is 0. The molecule has 2 nitrogen and oxygen atoms in total. The molecular formula is C24H24O2. The molecule has 3 aromatic carbocycles. The van der Waals surface area contributed by atoms with Crippen molar-refractivity contribution in [2.45, 2.75) is 31.8 Å². The zero-order valence-electron chi connectivity index (χ0n) is 15.3. The predicted octanol–water partition coefficient (Wildman–Crippen LogP) is 5.11. The number of rotatable bonds is 4. The Morgan fingerprint density at radius 1 is 0.923 bits per heavy atom. The van der Waals surface area contributed by atoms with Crippen molar-refractivity contribution in [2.24, 2.45) is 0 Å². The van der Waals surface area contributed by atoms with E-state index in [4.69, 9.17) is 4.74 Å². The van der Waals surface area contributed by atoms with Crippen molar-refractivity contribution < 1.29 is 9.84 Å². The molecular weight excluding hydrogens is 320 g/mol. The molecule has 1 aliphatic rings. The number of aryl methyl sites for hydroxylation is 2. The highest BCUT2D eigenvalue weighted by molar-refractivity contribution is 5.49. The van der Waals surface area contributed by atoms with Crippen LogP contribution in [0.15, 0.2) is 72.8 Å². The summed E-state index contributed by atoms with van der Waals surface area (Å²) in [5.74, 6) is 1.15. The van der Waals surface area contributed by atoms with Crippen LogP contribution in [0, 0.1) is 13.8 Å². The maximum absolute atomic E-state index is 11.8. The fourth-order valence-corrected chi connectivity index (χ4v) is 4.12. The Hall–Kier alpha value is -2.58. The zero-order valence-corrected chi connectivity index (χ0v) is 15.3. The van der Waals surface area contributed by atoms with Gasteiger partial charge in [0.25, 0.3) is 0 Å². The largest absolute Gasteiger partial charge is 0.492 e. The molecule has 0 unspecified atom stereocenters. The van der Waals surface area contributed by atoms with Crippen LogP contribution >= 0.6 is 0 Å². The van der Waals surface area contributed by atoms with Gasteiger partial charge < -0.3 is 9.84 Å². The average Bonchev–Trinajstić information content (AvgIpc) is 3.06. The molecule has 1 aliphatic heterocycles. The summed E-state index contributed by atoms with van der Waals surface area (Å²) in [6.07, 6.45) is 0.594. The monoisotopic (exact) mass is 344 g/mol. The van der Waals surface area contributed by atoms with Crippen LogP contribution in [-0.2, 0) is 5.60 Å². The Kier molecular flexibility index (Phi) is 4.29. The first-order valence-corrected chi connectivity index (χ1v) is 9.15. The lowest BCUT2D eigenvalue weighted by Gasteiger charge is -2.32. The number of aliphatic hydroxyl groups is 1. The van der Waals surface area contributed by atoms with Gasteiger partial charge in [0.05, 0.1) is 6.61 Å². The highest BCUT2D eigenvalue weighted by Crippen LogP contribution is 2.45. The second-order valence-electron chi connectivity index (χ2n) is 7.30. The van der Waals surface area contributed by atoms with Gasteiger partial charge in [-0.15, -0.1) is 0 Å². The van der Waals surface area contributed by atoms with Gasteiger partial charge in [-0.2, -0.15) is 0 Å². The molecule has 1 heterocycles. The van der Waals surface area contributed by atoms with Crippen LogP contribution in [-0.4, -0.2) is 11.7 Å². The van der Waals surface area contributed by atoms with E-state index in [1.807, 2.05) is 60.7 Å².